The number of rotatable bonds is 49. The lowest BCUT2D eigenvalue weighted by Crippen LogP contribution is -2.45. The largest absolute Gasteiger partial charge is 0.466 e. The number of aliphatic hydroxyl groups is 2. The second kappa shape index (κ2) is 50.0. The molecule has 354 valence electrons. The zero-order valence-corrected chi connectivity index (χ0v) is 40.2. The molecule has 6 nitrogen and oxygen atoms in total. The lowest BCUT2D eigenvalue weighted by atomic mass is 10.0. The molecule has 0 saturated heterocycles. The zero-order chi connectivity index (χ0) is 43.7. The first kappa shape index (κ1) is 58.3. The van der Waals surface area contributed by atoms with Crippen LogP contribution in [0.1, 0.15) is 284 Å². The van der Waals surface area contributed by atoms with Crippen molar-refractivity contribution in [3.8, 4) is 0 Å². The van der Waals surface area contributed by atoms with Gasteiger partial charge in [-0.15, -0.1) is 0 Å². The van der Waals surface area contributed by atoms with Crippen molar-refractivity contribution in [2.45, 2.75) is 296 Å². The minimum absolute atomic E-state index is 0.0101. The lowest BCUT2D eigenvalue weighted by Gasteiger charge is -2.19. The summed E-state index contributed by atoms with van der Waals surface area (Å²) in [4.78, 5) is 24.5. The van der Waals surface area contributed by atoms with E-state index in [1.807, 2.05) is 6.08 Å². The number of nitrogens with one attached hydrogen (secondary N) is 1. The van der Waals surface area contributed by atoms with Gasteiger partial charge in [-0.2, -0.15) is 0 Å². The predicted octanol–water partition coefficient (Wildman–Crippen LogP) is 15.9. The second-order valence-corrected chi connectivity index (χ2v) is 18.2. The number of aliphatic hydroxyl groups excluding tert-OH is 2. The standard InChI is InChI=1S/C54H103NO5/c1-3-5-7-9-11-13-15-17-18-19-20-21-24-28-32-36-40-44-48-54(59)60-49-45-41-37-33-29-25-22-23-27-31-35-39-43-47-53(58)55-51(50-56)52(57)46-42-38-34-30-26-16-14-12-10-8-6-4-2/h23,27,42,46,51-52,56-57H,3-22,24-26,28-41,43-45,47-50H2,1-2H3,(H,55,58)/b27-23-,46-42+. The van der Waals surface area contributed by atoms with E-state index in [2.05, 4.69) is 31.3 Å². The van der Waals surface area contributed by atoms with Crippen LogP contribution < -0.4 is 5.32 Å². The molecule has 1 amide bonds. The lowest BCUT2D eigenvalue weighted by molar-refractivity contribution is -0.143. The van der Waals surface area contributed by atoms with Crippen molar-refractivity contribution in [3.63, 3.8) is 0 Å². The number of unbranched alkanes of at least 4 members (excludes halogenated alkanes) is 36. The summed E-state index contributed by atoms with van der Waals surface area (Å²) in [6, 6.07) is -0.646. The number of esters is 1. The molecule has 0 rings (SSSR count). The molecule has 0 aromatic heterocycles. The van der Waals surface area contributed by atoms with Crippen LogP contribution in [-0.4, -0.2) is 47.4 Å². The minimum Gasteiger partial charge on any atom is -0.466 e. The summed E-state index contributed by atoms with van der Waals surface area (Å²) in [6.45, 7) is 4.86. The number of carbonyl (C=O) groups is 2. The van der Waals surface area contributed by atoms with E-state index in [1.54, 1.807) is 6.08 Å². The number of carbonyl (C=O) groups excluding carboxylic acids is 2. The van der Waals surface area contributed by atoms with Gasteiger partial charge in [-0.1, -0.05) is 237 Å². The van der Waals surface area contributed by atoms with Crippen LogP contribution in [0.5, 0.6) is 0 Å². The molecule has 0 aliphatic carbocycles. The van der Waals surface area contributed by atoms with Crippen LogP contribution in [0.2, 0.25) is 0 Å². The van der Waals surface area contributed by atoms with E-state index in [0.717, 1.165) is 70.6 Å². The molecule has 2 atom stereocenters. The summed E-state index contributed by atoms with van der Waals surface area (Å²) in [5.74, 6) is -0.108. The Balaban J connectivity index is 3.48. The second-order valence-electron chi connectivity index (χ2n) is 18.2. The van der Waals surface area contributed by atoms with Crippen molar-refractivity contribution in [1.29, 1.82) is 0 Å². The molecule has 0 aromatic carbocycles. The van der Waals surface area contributed by atoms with Crippen molar-refractivity contribution >= 4 is 11.9 Å². The average Bonchev–Trinajstić information content (AvgIpc) is 3.25. The molecule has 60 heavy (non-hydrogen) atoms. The Morgan fingerprint density at radius 1 is 0.450 bits per heavy atom. The van der Waals surface area contributed by atoms with Gasteiger partial charge in [0, 0.05) is 12.8 Å². The molecule has 0 aromatic rings. The Bertz CT molecular complexity index is 935. The van der Waals surface area contributed by atoms with E-state index < -0.39 is 12.1 Å². The zero-order valence-electron chi connectivity index (χ0n) is 40.2. The highest BCUT2D eigenvalue weighted by molar-refractivity contribution is 5.76. The summed E-state index contributed by atoms with van der Waals surface area (Å²) in [6.07, 6.45) is 59.0. The maximum Gasteiger partial charge on any atom is 0.305 e. The number of hydrogen-bond donors (Lipinski definition) is 3. The van der Waals surface area contributed by atoms with Gasteiger partial charge >= 0.3 is 5.97 Å². The smallest absolute Gasteiger partial charge is 0.305 e. The van der Waals surface area contributed by atoms with Crippen LogP contribution in [0.15, 0.2) is 24.3 Å². The summed E-state index contributed by atoms with van der Waals surface area (Å²) < 4.78 is 5.47. The SMILES string of the molecule is CCCCCCCCCCCC/C=C/C(O)C(CO)NC(=O)CCCCC/C=C\CCCCCCCCOC(=O)CCCCCCCCCCCCCCCCCCCC. The summed E-state index contributed by atoms with van der Waals surface area (Å²) in [5, 5.41) is 23.0. The maximum atomic E-state index is 12.4. The fraction of sp³-hybridized carbons (Fsp3) is 0.889. The van der Waals surface area contributed by atoms with Gasteiger partial charge in [0.2, 0.25) is 5.91 Å². The molecular formula is C54H103NO5. The highest BCUT2D eigenvalue weighted by atomic mass is 16.5. The Morgan fingerprint density at radius 2 is 0.783 bits per heavy atom. The highest BCUT2D eigenvalue weighted by Crippen LogP contribution is 2.16. The Kier molecular flexibility index (Phi) is 48.6. The predicted molar refractivity (Wildman–Crippen MR) is 260 cm³/mol. The fourth-order valence-electron chi connectivity index (χ4n) is 8.10. The molecule has 3 N–H and O–H groups in total. The third kappa shape index (κ3) is 45.9. The highest BCUT2D eigenvalue weighted by Gasteiger charge is 2.18. The summed E-state index contributed by atoms with van der Waals surface area (Å²) >= 11 is 0. The van der Waals surface area contributed by atoms with E-state index in [4.69, 9.17) is 4.74 Å². The molecule has 0 aliphatic heterocycles. The first-order valence-electron chi connectivity index (χ1n) is 26.6. The molecule has 0 aliphatic rings. The van der Waals surface area contributed by atoms with Gasteiger partial charge in [0.25, 0.3) is 0 Å². The molecular weight excluding hydrogens is 743 g/mol. The van der Waals surface area contributed by atoms with Crippen molar-refractivity contribution < 1.29 is 24.5 Å². The van der Waals surface area contributed by atoms with Crippen molar-refractivity contribution in [2.24, 2.45) is 0 Å². The first-order valence-corrected chi connectivity index (χ1v) is 26.6. The van der Waals surface area contributed by atoms with Gasteiger partial charge in [-0.3, -0.25) is 9.59 Å². The average molecular weight is 846 g/mol. The van der Waals surface area contributed by atoms with Crippen LogP contribution in [0.4, 0.5) is 0 Å². The molecule has 0 fully saturated rings. The number of amides is 1. The van der Waals surface area contributed by atoms with Gasteiger partial charge in [0.1, 0.15) is 0 Å². The van der Waals surface area contributed by atoms with Crippen molar-refractivity contribution in [2.75, 3.05) is 13.2 Å². The van der Waals surface area contributed by atoms with E-state index in [1.165, 1.54) is 186 Å². The molecule has 0 bridgehead atoms. The van der Waals surface area contributed by atoms with Crippen LogP contribution in [0.25, 0.3) is 0 Å². The van der Waals surface area contributed by atoms with E-state index in [-0.39, 0.29) is 18.5 Å². The van der Waals surface area contributed by atoms with Crippen LogP contribution >= 0.6 is 0 Å². The van der Waals surface area contributed by atoms with Crippen LogP contribution in [0.3, 0.4) is 0 Å². The monoisotopic (exact) mass is 846 g/mol. The van der Waals surface area contributed by atoms with Crippen LogP contribution in [0, 0.1) is 0 Å². The number of allylic oxidation sites excluding steroid dienone is 3. The number of hydrogen-bond acceptors (Lipinski definition) is 5. The van der Waals surface area contributed by atoms with E-state index >= 15 is 0 Å². The topological polar surface area (TPSA) is 95.9 Å². The quantitative estimate of drug-likeness (QED) is 0.0322. The Morgan fingerprint density at radius 3 is 1.20 bits per heavy atom. The summed E-state index contributed by atoms with van der Waals surface area (Å²) in [5.41, 5.74) is 0. The molecule has 0 saturated carbocycles. The molecule has 0 heterocycles. The normalized spacial score (nSPS) is 12.8. The van der Waals surface area contributed by atoms with E-state index in [9.17, 15) is 19.8 Å². The fourth-order valence-corrected chi connectivity index (χ4v) is 8.10. The van der Waals surface area contributed by atoms with Gasteiger partial charge < -0.3 is 20.3 Å². The van der Waals surface area contributed by atoms with Gasteiger partial charge in [0.05, 0.1) is 25.4 Å². The first-order chi connectivity index (χ1) is 29.5. The van der Waals surface area contributed by atoms with Gasteiger partial charge in [-0.25, -0.2) is 0 Å². The van der Waals surface area contributed by atoms with Gasteiger partial charge in [-0.05, 0) is 57.8 Å². The molecule has 2 unspecified atom stereocenters. The summed E-state index contributed by atoms with van der Waals surface area (Å²) in [7, 11) is 0. The minimum atomic E-state index is -0.860. The number of ether oxygens (including phenoxy) is 1. The van der Waals surface area contributed by atoms with Crippen LogP contribution in [-0.2, 0) is 14.3 Å². The third-order valence-electron chi connectivity index (χ3n) is 12.2. The van der Waals surface area contributed by atoms with E-state index in [0.29, 0.717) is 19.4 Å². The molecule has 6 heteroatoms. The van der Waals surface area contributed by atoms with Crippen molar-refractivity contribution in [3.05, 3.63) is 24.3 Å². The maximum absolute atomic E-state index is 12.4. The van der Waals surface area contributed by atoms with Gasteiger partial charge in [0.15, 0.2) is 0 Å². The Hall–Kier alpha value is -1.66. The third-order valence-corrected chi connectivity index (χ3v) is 12.2. The molecule has 0 radical (unpaired) electrons. The van der Waals surface area contributed by atoms with Crippen molar-refractivity contribution in [1.82, 2.24) is 5.32 Å². The molecule has 0 spiro atoms. The Labute approximate surface area is 373 Å².